The highest BCUT2D eigenvalue weighted by atomic mass is 16.5. The Kier molecular flexibility index (Phi) is 3.33. The molecular weight excluding hydrogens is 210 g/mol. The van der Waals surface area contributed by atoms with Crippen LogP contribution in [0.25, 0.3) is 0 Å². The molecule has 2 rings (SSSR count). The van der Waals surface area contributed by atoms with Crippen LogP contribution in [-0.2, 0) is 4.74 Å². The lowest BCUT2D eigenvalue weighted by Gasteiger charge is -2.40. The molecule has 4 unspecified atom stereocenters. The zero-order valence-electron chi connectivity index (χ0n) is 12.1. The molecule has 17 heavy (non-hydrogen) atoms. The van der Waals surface area contributed by atoms with Crippen molar-refractivity contribution in [3.8, 4) is 0 Å². The van der Waals surface area contributed by atoms with E-state index in [1.54, 1.807) is 0 Å². The first-order valence-corrected chi connectivity index (χ1v) is 7.18. The highest BCUT2D eigenvalue weighted by molar-refractivity contribution is 5.11. The average molecular weight is 239 g/mol. The maximum absolute atomic E-state index is 6.37. The van der Waals surface area contributed by atoms with Crippen LogP contribution in [0.3, 0.4) is 0 Å². The zero-order valence-corrected chi connectivity index (χ0v) is 12.1. The van der Waals surface area contributed by atoms with Crippen LogP contribution in [-0.4, -0.2) is 18.8 Å². The summed E-state index contributed by atoms with van der Waals surface area (Å²) < 4.78 is 6.37. The van der Waals surface area contributed by atoms with Gasteiger partial charge in [0, 0.05) is 6.54 Å². The number of fused-ring (bicyclic) bond motifs is 2. The second-order valence-electron chi connectivity index (χ2n) is 7.25. The maximum atomic E-state index is 6.37. The lowest BCUT2D eigenvalue weighted by atomic mass is 9.70. The number of hydrogen-bond acceptors (Lipinski definition) is 2. The van der Waals surface area contributed by atoms with Gasteiger partial charge in [0.2, 0.25) is 0 Å². The van der Waals surface area contributed by atoms with Gasteiger partial charge in [-0.15, -0.1) is 0 Å². The second kappa shape index (κ2) is 4.24. The van der Waals surface area contributed by atoms with E-state index >= 15 is 0 Å². The number of hydrogen-bond donors (Lipinski definition) is 1. The van der Waals surface area contributed by atoms with Crippen LogP contribution in [0.4, 0.5) is 0 Å². The quantitative estimate of drug-likeness (QED) is 0.817. The van der Waals surface area contributed by atoms with E-state index in [1.165, 1.54) is 19.3 Å². The third kappa shape index (κ3) is 1.84. The normalized spacial score (nSPS) is 41.1. The first kappa shape index (κ1) is 13.4. The molecule has 2 nitrogen and oxygen atoms in total. The molecule has 2 saturated carbocycles. The Bertz CT molecular complexity index is 287. The summed E-state index contributed by atoms with van der Waals surface area (Å²) in [5.74, 6) is 1.37. The molecule has 2 aliphatic carbocycles. The molecule has 0 saturated heterocycles. The third-order valence-electron chi connectivity index (χ3n) is 6.03. The Balaban J connectivity index is 2.10. The van der Waals surface area contributed by atoms with Crippen molar-refractivity contribution in [3.05, 3.63) is 0 Å². The lowest BCUT2D eigenvalue weighted by molar-refractivity contribution is -0.0969. The van der Waals surface area contributed by atoms with Crippen LogP contribution in [0, 0.1) is 22.7 Å². The van der Waals surface area contributed by atoms with E-state index in [9.17, 15) is 0 Å². The topological polar surface area (TPSA) is 35.2 Å². The fourth-order valence-corrected chi connectivity index (χ4v) is 4.03. The van der Waals surface area contributed by atoms with Crippen LogP contribution in [0.1, 0.15) is 53.9 Å². The first-order chi connectivity index (χ1) is 7.83. The van der Waals surface area contributed by atoms with Crippen molar-refractivity contribution in [2.45, 2.75) is 66.1 Å². The van der Waals surface area contributed by atoms with E-state index in [1.807, 2.05) is 0 Å². The molecule has 0 radical (unpaired) electrons. The van der Waals surface area contributed by atoms with Gasteiger partial charge in [-0.2, -0.15) is 0 Å². The third-order valence-corrected chi connectivity index (χ3v) is 6.03. The van der Waals surface area contributed by atoms with Crippen LogP contribution in [0.5, 0.6) is 0 Å². The van der Waals surface area contributed by atoms with Crippen molar-refractivity contribution in [3.63, 3.8) is 0 Å². The van der Waals surface area contributed by atoms with Crippen LogP contribution in [0.2, 0.25) is 0 Å². The summed E-state index contributed by atoms with van der Waals surface area (Å²) in [6.07, 6.45) is 4.61. The summed E-state index contributed by atoms with van der Waals surface area (Å²) in [5, 5.41) is 0. The fraction of sp³-hybridized carbons (Fsp3) is 1.00. The molecule has 0 aromatic carbocycles. The standard InChI is InChI=1S/C15H29NO/c1-10(2)12(9-16)17-13-8-11-6-7-15(13,5)14(11,3)4/h10-13H,6-9,16H2,1-5H3. The molecule has 0 aromatic rings. The van der Waals surface area contributed by atoms with Gasteiger partial charge in [0.25, 0.3) is 0 Å². The SMILES string of the molecule is CC(C)C(CN)OC1CC2CCC1(C)C2(C)C. The molecule has 0 amide bonds. The van der Waals surface area contributed by atoms with Gasteiger partial charge in [-0.1, -0.05) is 34.6 Å². The lowest BCUT2D eigenvalue weighted by Crippen LogP contribution is -2.42. The van der Waals surface area contributed by atoms with Crippen LogP contribution >= 0.6 is 0 Å². The molecule has 4 atom stereocenters. The van der Waals surface area contributed by atoms with Gasteiger partial charge in [-0.05, 0) is 41.9 Å². The van der Waals surface area contributed by atoms with Gasteiger partial charge in [0.15, 0.2) is 0 Å². The van der Waals surface area contributed by atoms with E-state index in [0.717, 1.165) is 5.92 Å². The van der Waals surface area contributed by atoms with Gasteiger partial charge in [0.1, 0.15) is 0 Å². The summed E-state index contributed by atoms with van der Waals surface area (Å²) >= 11 is 0. The minimum absolute atomic E-state index is 0.229. The summed E-state index contributed by atoms with van der Waals surface area (Å²) in [7, 11) is 0. The summed E-state index contributed by atoms with van der Waals surface area (Å²) in [5.41, 5.74) is 6.64. The molecule has 2 bridgehead atoms. The van der Waals surface area contributed by atoms with Crippen molar-refractivity contribution in [2.24, 2.45) is 28.4 Å². The summed E-state index contributed by atoms with van der Waals surface area (Å²) in [4.78, 5) is 0. The van der Waals surface area contributed by atoms with Crippen molar-refractivity contribution in [1.29, 1.82) is 0 Å². The minimum atomic E-state index is 0.229. The molecule has 2 aliphatic rings. The van der Waals surface area contributed by atoms with Crippen LogP contribution < -0.4 is 5.73 Å². The predicted octanol–water partition coefficient (Wildman–Crippen LogP) is 3.20. The number of rotatable bonds is 4. The van der Waals surface area contributed by atoms with Gasteiger partial charge in [-0.25, -0.2) is 0 Å². The molecule has 0 aliphatic heterocycles. The van der Waals surface area contributed by atoms with Crippen LogP contribution in [0.15, 0.2) is 0 Å². The Morgan fingerprint density at radius 2 is 1.94 bits per heavy atom. The zero-order chi connectivity index (χ0) is 12.8. The highest BCUT2D eigenvalue weighted by Gasteiger charge is 2.62. The Morgan fingerprint density at radius 1 is 1.29 bits per heavy atom. The van der Waals surface area contributed by atoms with Gasteiger partial charge in [-0.3, -0.25) is 0 Å². The Labute approximate surface area is 106 Å². The van der Waals surface area contributed by atoms with Crippen molar-refractivity contribution < 1.29 is 4.74 Å². The molecule has 2 fully saturated rings. The Morgan fingerprint density at radius 3 is 2.29 bits per heavy atom. The Hall–Kier alpha value is -0.0800. The average Bonchev–Trinajstić information content (AvgIpc) is 2.57. The summed E-state index contributed by atoms with van der Waals surface area (Å²) in [6.45, 7) is 12.4. The first-order valence-electron chi connectivity index (χ1n) is 7.18. The van der Waals surface area contributed by atoms with E-state index < -0.39 is 0 Å². The molecule has 2 heteroatoms. The fourth-order valence-electron chi connectivity index (χ4n) is 4.03. The molecule has 0 aromatic heterocycles. The van der Waals surface area contributed by atoms with E-state index in [4.69, 9.17) is 10.5 Å². The maximum Gasteiger partial charge on any atom is 0.0724 e. The van der Waals surface area contributed by atoms with Crippen molar-refractivity contribution >= 4 is 0 Å². The molecular formula is C15H29NO. The number of nitrogens with two attached hydrogens (primary N) is 1. The molecule has 100 valence electrons. The monoisotopic (exact) mass is 239 g/mol. The van der Waals surface area contributed by atoms with Crippen molar-refractivity contribution in [1.82, 2.24) is 0 Å². The van der Waals surface area contributed by atoms with E-state index in [-0.39, 0.29) is 6.10 Å². The molecule has 0 spiro atoms. The minimum Gasteiger partial charge on any atom is -0.373 e. The van der Waals surface area contributed by atoms with Crippen molar-refractivity contribution in [2.75, 3.05) is 6.54 Å². The van der Waals surface area contributed by atoms with Gasteiger partial charge >= 0.3 is 0 Å². The smallest absolute Gasteiger partial charge is 0.0724 e. The van der Waals surface area contributed by atoms with E-state index in [0.29, 0.717) is 29.4 Å². The summed E-state index contributed by atoms with van der Waals surface area (Å²) in [6, 6.07) is 0. The highest BCUT2D eigenvalue weighted by Crippen LogP contribution is 2.66. The van der Waals surface area contributed by atoms with E-state index in [2.05, 4.69) is 34.6 Å². The van der Waals surface area contributed by atoms with Gasteiger partial charge in [0.05, 0.1) is 12.2 Å². The van der Waals surface area contributed by atoms with Gasteiger partial charge < -0.3 is 10.5 Å². The molecule has 2 N–H and O–H groups in total. The number of ether oxygens (including phenoxy) is 1. The largest absolute Gasteiger partial charge is 0.373 e. The predicted molar refractivity (Wildman–Crippen MR) is 71.8 cm³/mol. The molecule has 0 heterocycles. The second-order valence-corrected chi connectivity index (χ2v) is 7.25.